The molecule has 70 valence electrons. The summed E-state index contributed by atoms with van der Waals surface area (Å²) < 4.78 is 22.3. The van der Waals surface area contributed by atoms with Crippen LogP contribution in [-0.4, -0.2) is 15.0 Å². The number of fused-ring (bicyclic) bond motifs is 1. The smallest absolute Gasteiger partial charge is 0.240 e. The number of nitrogens with two attached hydrogens (primary N) is 1. The van der Waals surface area contributed by atoms with E-state index in [9.17, 15) is 8.42 Å². The lowest BCUT2D eigenvalue weighted by atomic mass is 10.2. The Morgan fingerprint density at radius 1 is 1.38 bits per heavy atom. The summed E-state index contributed by atoms with van der Waals surface area (Å²) in [5.74, 6) is 0. The van der Waals surface area contributed by atoms with Gasteiger partial charge in [-0.15, -0.1) is 0 Å². The van der Waals surface area contributed by atoms with E-state index in [0.29, 0.717) is 5.69 Å². The predicted octanol–water partition coefficient (Wildman–Crippen LogP) is 0.302. The summed E-state index contributed by atoms with van der Waals surface area (Å²) >= 11 is 0. The van der Waals surface area contributed by atoms with Crippen LogP contribution in [0.1, 0.15) is 5.56 Å². The maximum Gasteiger partial charge on any atom is 0.240 e. The van der Waals surface area contributed by atoms with Gasteiger partial charge in [0.1, 0.15) is 4.90 Å². The molecule has 3 N–H and O–H groups in total. The molecule has 0 bridgehead atoms. The number of nitrogens with one attached hydrogen (secondary N) is 1. The van der Waals surface area contributed by atoms with Crippen LogP contribution in [0.5, 0.6) is 0 Å². The van der Waals surface area contributed by atoms with Crippen molar-refractivity contribution in [1.82, 2.24) is 0 Å². The van der Waals surface area contributed by atoms with Crippen LogP contribution in [0, 0.1) is 0 Å². The number of hydrogen-bond acceptors (Lipinski definition) is 3. The highest BCUT2D eigenvalue weighted by molar-refractivity contribution is 7.89. The summed E-state index contributed by atoms with van der Waals surface area (Å²) in [5, 5.41) is 8.08. The number of anilines is 1. The van der Waals surface area contributed by atoms with Gasteiger partial charge in [0, 0.05) is 6.54 Å². The zero-order valence-corrected chi connectivity index (χ0v) is 7.76. The third-order valence-electron chi connectivity index (χ3n) is 2.12. The van der Waals surface area contributed by atoms with Gasteiger partial charge in [-0.05, 0) is 18.1 Å². The Bertz CT molecular complexity index is 439. The lowest BCUT2D eigenvalue weighted by Gasteiger charge is -2.05. The molecule has 1 aliphatic heterocycles. The quantitative estimate of drug-likeness (QED) is 0.681. The Balaban J connectivity index is 2.67. The number of sulfonamides is 1. The van der Waals surface area contributed by atoms with Gasteiger partial charge in [0.25, 0.3) is 0 Å². The Morgan fingerprint density at radius 3 is 2.85 bits per heavy atom. The Morgan fingerprint density at radius 2 is 2.15 bits per heavy atom. The average Bonchev–Trinajstić information content (AvgIpc) is 2.48. The molecule has 0 fully saturated rings. The number of hydrogen-bond donors (Lipinski definition) is 2. The molecule has 0 aliphatic carbocycles. The largest absolute Gasteiger partial charge is 0.383 e. The van der Waals surface area contributed by atoms with Gasteiger partial charge >= 0.3 is 0 Å². The van der Waals surface area contributed by atoms with Gasteiger partial charge in [0.15, 0.2) is 0 Å². The number of primary sulfonamides is 1. The highest BCUT2D eigenvalue weighted by atomic mass is 32.2. The minimum Gasteiger partial charge on any atom is -0.383 e. The summed E-state index contributed by atoms with van der Waals surface area (Å²) in [5.41, 5.74) is 1.69. The molecular weight excluding hydrogens is 188 g/mol. The van der Waals surface area contributed by atoms with E-state index in [4.69, 9.17) is 5.14 Å². The van der Waals surface area contributed by atoms with Crippen LogP contribution in [0.4, 0.5) is 5.69 Å². The molecule has 0 saturated heterocycles. The number of para-hydroxylation sites is 1. The van der Waals surface area contributed by atoms with Gasteiger partial charge in [-0.25, -0.2) is 13.6 Å². The van der Waals surface area contributed by atoms with E-state index in [1.807, 2.05) is 6.07 Å². The molecule has 4 nitrogen and oxygen atoms in total. The SMILES string of the molecule is NS(=O)(=O)c1cccc2c1NCC2. The topological polar surface area (TPSA) is 72.2 Å². The zero-order chi connectivity index (χ0) is 9.47. The molecule has 1 aromatic rings. The fourth-order valence-electron chi connectivity index (χ4n) is 1.54. The molecule has 0 amide bonds. The zero-order valence-electron chi connectivity index (χ0n) is 6.95. The minimum atomic E-state index is -3.59. The van der Waals surface area contributed by atoms with Crippen LogP contribution in [0.25, 0.3) is 0 Å². The fourth-order valence-corrected chi connectivity index (χ4v) is 2.30. The van der Waals surface area contributed by atoms with E-state index in [0.717, 1.165) is 18.5 Å². The molecule has 1 aromatic carbocycles. The summed E-state index contributed by atoms with van der Waals surface area (Å²) in [6.45, 7) is 0.780. The molecule has 0 unspecified atom stereocenters. The van der Waals surface area contributed by atoms with E-state index >= 15 is 0 Å². The van der Waals surface area contributed by atoms with Crippen LogP contribution >= 0.6 is 0 Å². The van der Waals surface area contributed by atoms with Crippen molar-refractivity contribution in [1.29, 1.82) is 0 Å². The standard InChI is InChI=1S/C8H10N2O2S/c9-13(11,12)7-3-1-2-6-4-5-10-8(6)7/h1-3,10H,4-5H2,(H2,9,11,12). The normalized spacial score (nSPS) is 15.2. The van der Waals surface area contributed by atoms with Crippen LogP contribution < -0.4 is 10.5 Å². The lowest BCUT2D eigenvalue weighted by molar-refractivity contribution is 0.598. The van der Waals surface area contributed by atoms with Gasteiger partial charge in [-0.3, -0.25) is 0 Å². The highest BCUT2D eigenvalue weighted by Gasteiger charge is 2.19. The first-order chi connectivity index (χ1) is 6.09. The maximum atomic E-state index is 11.1. The van der Waals surface area contributed by atoms with Crippen molar-refractivity contribution in [3.05, 3.63) is 23.8 Å². The second kappa shape index (κ2) is 2.71. The lowest BCUT2D eigenvalue weighted by Crippen LogP contribution is -2.13. The molecular formula is C8H10N2O2S. The average molecular weight is 198 g/mol. The molecule has 1 aliphatic rings. The first-order valence-corrected chi connectivity index (χ1v) is 5.52. The molecule has 0 atom stereocenters. The second-order valence-corrected chi connectivity index (χ2v) is 4.54. The van der Waals surface area contributed by atoms with Gasteiger partial charge in [-0.2, -0.15) is 0 Å². The molecule has 2 rings (SSSR count). The predicted molar refractivity (Wildman–Crippen MR) is 50.0 cm³/mol. The van der Waals surface area contributed by atoms with E-state index in [2.05, 4.69) is 5.32 Å². The number of rotatable bonds is 1. The number of benzene rings is 1. The van der Waals surface area contributed by atoms with Crippen LogP contribution in [-0.2, 0) is 16.4 Å². The van der Waals surface area contributed by atoms with E-state index < -0.39 is 10.0 Å². The highest BCUT2D eigenvalue weighted by Crippen LogP contribution is 2.28. The molecule has 1 heterocycles. The second-order valence-electron chi connectivity index (χ2n) is 3.01. The van der Waals surface area contributed by atoms with E-state index in [-0.39, 0.29) is 4.90 Å². The Hall–Kier alpha value is -1.07. The summed E-state index contributed by atoms with van der Waals surface area (Å²) in [7, 11) is -3.59. The van der Waals surface area contributed by atoms with Crippen molar-refractivity contribution < 1.29 is 8.42 Å². The summed E-state index contributed by atoms with van der Waals surface area (Å²) in [4.78, 5) is 0.197. The van der Waals surface area contributed by atoms with Gasteiger partial charge in [0.2, 0.25) is 10.0 Å². The molecule has 5 heteroatoms. The molecule has 0 radical (unpaired) electrons. The van der Waals surface area contributed by atoms with Crippen molar-refractivity contribution in [3.63, 3.8) is 0 Å². The van der Waals surface area contributed by atoms with Gasteiger partial charge in [0.05, 0.1) is 5.69 Å². The van der Waals surface area contributed by atoms with Crippen LogP contribution in [0.15, 0.2) is 23.1 Å². The third kappa shape index (κ3) is 1.40. The first kappa shape index (κ1) is 8.52. The third-order valence-corrected chi connectivity index (χ3v) is 3.07. The van der Waals surface area contributed by atoms with E-state index in [1.165, 1.54) is 6.07 Å². The van der Waals surface area contributed by atoms with E-state index in [1.54, 1.807) is 6.07 Å². The van der Waals surface area contributed by atoms with Crippen molar-refractivity contribution in [3.8, 4) is 0 Å². The van der Waals surface area contributed by atoms with Crippen molar-refractivity contribution >= 4 is 15.7 Å². The molecule has 13 heavy (non-hydrogen) atoms. The summed E-state index contributed by atoms with van der Waals surface area (Å²) in [6.07, 6.45) is 0.860. The van der Waals surface area contributed by atoms with Crippen molar-refractivity contribution in [2.75, 3.05) is 11.9 Å². The maximum absolute atomic E-state index is 11.1. The monoisotopic (exact) mass is 198 g/mol. The van der Waals surface area contributed by atoms with Gasteiger partial charge < -0.3 is 5.32 Å². The fraction of sp³-hybridized carbons (Fsp3) is 0.250. The van der Waals surface area contributed by atoms with Gasteiger partial charge in [-0.1, -0.05) is 12.1 Å². The Labute approximate surface area is 76.8 Å². The Kier molecular flexibility index (Phi) is 1.78. The molecule has 0 spiro atoms. The van der Waals surface area contributed by atoms with Crippen molar-refractivity contribution in [2.24, 2.45) is 5.14 Å². The van der Waals surface area contributed by atoms with Crippen LogP contribution in [0.3, 0.4) is 0 Å². The first-order valence-electron chi connectivity index (χ1n) is 3.97. The van der Waals surface area contributed by atoms with Crippen molar-refractivity contribution in [2.45, 2.75) is 11.3 Å². The molecule has 0 aromatic heterocycles. The van der Waals surface area contributed by atoms with Crippen LogP contribution in [0.2, 0.25) is 0 Å². The molecule has 0 saturated carbocycles. The summed E-state index contributed by atoms with van der Waals surface area (Å²) in [6, 6.07) is 5.14. The minimum absolute atomic E-state index is 0.197.